The molecule has 0 aromatic heterocycles. The van der Waals surface area contributed by atoms with Crippen LogP contribution in [-0.4, -0.2) is 53.4 Å². The Labute approximate surface area is 180 Å². The summed E-state index contributed by atoms with van der Waals surface area (Å²) in [5.41, 5.74) is -0.774. The van der Waals surface area contributed by atoms with Gasteiger partial charge in [-0.05, 0) is 13.0 Å². The fraction of sp³-hybridized carbons (Fsp3) is 0.647. The van der Waals surface area contributed by atoms with Gasteiger partial charge >= 0.3 is 41.7 Å². The van der Waals surface area contributed by atoms with Gasteiger partial charge in [-0.15, -0.1) is 0 Å². The molecule has 0 saturated carbocycles. The van der Waals surface area contributed by atoms with Crippen LogP contribution in [0.4, 0.5) is 65.9 Å². The second-order valence-corrected chi connectivity index (χ2v) is 6.76. The number of ether oxygens (including phenoxy) is 1. The molecule has 0 aliphatic heterocycles. The Morgan fingerprint density at radius 3 is 1.53 bits per heavy atom. The summed E-state index contributed by atoms with van der Waals surface area (Å²) in [6.07, 6.45) is -13.4. The summed E-state index contributed by atoms with van der Waals surface area (Å²) in [7, 11) is 0. The standard InChI is InChI=1S/C17H13F15O2/c1-2-34-10-6-4-3-5-8(10)9(33)7-11(18,19)12(20,21)13(22,23)14(24,25)15(26,27)16(28,29)17(30,31)32/h3-6,9,33H,2,7H2,1H3. The Bertz CT molecular complexity index is 848. The van der Waals surface area contributed by atoms with Gasteiger partial charge in [0, 0.05) is 12.0 Å². The van der Waals surface area contributed by atoms with E-state index in [0.717, 1.165) is 18.2 Å². The first-order chi connectivity index (χ1) is 14.9. The SMILES string of the molecule is CCOc1ccccc1C(O)CC(F)(F)C(F)(F)C(F)(F)C(F)(F)C(F)(F)C(F)(F)C(F)(F)F. The fourth-order valence-corrected chi connectivity index (χ4v) is 2.52. The average molecular weight is 534 g/mol. The van der Waals surface area contributed by atoms with Crippen molar-refractivity contribution in [3.63, 3.8) is 0 Å². The van der Waals surface area contributed by atoms with Crippen LogP contribution in [0.15, 0.2) is 24.3 Å². The molecular formula is C17H13F15O2. The van der Waals surface area contributed by atoms with E-state index in [9.17, 15) is 71.0 Å². The number of hydrogen-bond acceptors (Lipinski definition) is 2. The van der Waals surface area contributed by atoms with Crippen molar-refractivity contribution in [2.45, 2.75) is 61.2 Å². The Morgan fingerprint density at radius 1 is 0.676 bits per heavy atom. The molecule has 0 amide bonds. The molecule has 198 valence electrons. The van der Waals surface area contributed by atoms with Crippen molar-refractivity contribution in [3.8, 4) is 5.75 Å². The predicted molar refractivity (Wildman–Crippen MR) is 82.9 cm³/mol. The third kappa shape index (κ3) is 4.46. The van der Waals surface area contributed by atoms with Crippen molar-refractivity contribution in [1.82, 2.24) is 0 Å². The molecule has 0 saturated heterocycles. The summed E-state index contributed by atoms with van der Waals surface area (Å²) < 4.78 is 203. The molecule has 34 heavy (non-hydrogen) atoms. The molecule has 1 aromatic carbocycles. The second-order valence-electron chi connectivity index (χ2n) is 6.76. The van der Waals surface area contributed by atoms with Crippen LogP contribution < -0.4 is 4.74 Å². The number of alkyl halides is 15. The van der Waals surface area contributed by atoms with Crippen LogP contribution in [0.3, 0.4) is 0 Å². The first-order valence-electron chi connectivity index (χ1n) is 8.67. The van der Waals surface area contributed by atoms with E-state index in [1.165, 1.54) is 13.0 Å². The minimum Gasteiger partial charge on any atom is -0.493 e. The van der Waals surface area contributed by atoms with Crippen molar-refractivity contribution >= 4 is 0 Å². The van der Waals surface area contributed by atoms with Gasteiger partial charge in [0.15, 0.2) is 0 Å². The average Bonchev–Trinajstić information content (AvgIpc) is 2.66. The molecule has 2 nitrogen and oxygen atoms in total. The molecule has 0 spiro atoms. The van der Waals surface area contributed by atoms with Gasteiger partial charge in [0.2, 0.25) is 0 Å². The van der Waals surface area contributed by atoms with Gasteiger partial charge in [-0.3, -0.25) is 0 Å². The van der Waals surface area contributed by atoms with Crippen LogP contribution in [0.25, 0.3) is 0 Å². The maximum Gasteiger partial charge on any atom is 0.460 e. The highest BCUT2D eigenvalue weighted by Crippen LogP contribution is 2.63. The van der Waals surface area contributed by atoms with Crippen LogP contribution in [-0.2, 0) is 0 Å². The Kier molecular flexibility index (Phi) is 7.81. The van der Waals surface area contributed by atoms with Crippen molar-refractivity contribution in [2.75, 3.05) is 6.61 Å². The highest BCUT2D eigenvalue weighted by molar-refractivity contribution is 5.35. The molecule has 1 N–H and O–H groups in total. The lowest BCUT2D eigenvalue weighted by Gasteiger charge is -2.41. The molecule has 0 fully saturated rings. The molecule has 1 aromatic rings. The molecule has 17 heteroatoms. The zero-order valence-electron chi connectivity index (χ0n) is 16.3. The molecule has 0 radical (unpaired) electrons. The quantitative estimate of drug-likeness (QED) is 0.332. The van der Waals surface area contributed by atoms with E-state index in [-0.39, 0.29) is 6.61 Å². The molecule has 0 aliphatic carbocycles. The summed E-state index contributed by atoms with van der Waals surface area (Å²) in [6.45, 7) is 1.12. The second kappa shape index (κ2) is 8.86. The first kappa shape index (κ1) is 30.0. The van der Waals surface area contributed by atoms with E-state index in [2.05, 4.69) is 0 Å². The van der Waals surface area contributed by atoms with Gasteiger partial charge in [-0.2, -0.15) is 65.9 Å². The van der Waals surface area contributed by atoms with Gasteiger partial charge in [-0.1, -0.05) is 18.2 Å². The monoisotopic (exact) mass is 534 g/mol. The van der Waals surface area contributed by atoms with Crippen molar-refractivity contribution in [2.24, 2.45) is 0 Å². The summed E-state index contributed by atoms with van der Waals surface area (Å²) in [4.78, 5) is 0. The number of para-hydroxylation sites is 1. The third-order valence-corrected chi connectivity index (χ3v) is 4.42. The fourth-order valence-electron chi connectivity index (χ4n) is 2.52. The van der Waals surface area contributed by atoms with Gasteiger partial charge in [0.1, 0.15) is 5.75 Å². The number of rotatable bonds is 10. The highest BCUT2D eigenvalue weighted by atomic mass is 19.4. The van der Waals surface area contributed by atoms with Crippen LogP contribution in [0.1, 0.15) is 25.0 Å². The third-order valence-electron chi connectivity index (χ3n) is 4.42. The molecule has 0 heterocycles. The van der Waals surface area contributed by atoms with Crippen LogP contribution in [0.5, 0.6) is 5.75 Å². The van der Waals surface area contributed by atoms with Crippen LogP contribution in [0.2, 0.25) is 0 Å². The van der Waals surface area contributed by atoms with Crippen molar-refractivity contribution in [1.29, 1.82) is 0 Å². The zero-order chi connectivity index (χ0) is 27.2. The van der Waals surface area contributed by atoms with E-state index in [1.54, 1.807) is 0 Å². The minimum atomic E-state index is -8.36. The molecule has 0 bridgehead atoms. The summed E-state index contributed by atoms with van der Waals surface area (Å²) in [5.74, 6) is -47.6. The van der Waals surface area contributed by atoms with Crippen LogP contribution in [0, 0.1) is 0 Å². The van der Waals surface area contributed by atoms with E-state index < -0.39 is 65.5 Å². The maximum absolute atomic E-state index is 14.0. The molecule has 1 rings (SSSR count). The Hall–Kier alpha value is -2.07. The van der Waals surface area contributed by atoms with Gasteiger partial charge < -0.3 is 9.84 Å². The summed E-state index contributed by atoms with van der Waals surface area (Å²) >= 11 is 0. The van der Waals surface area contributed by atoms with E-state index >= 15 is 0 Å². The number of halogens is 15. The number of aliphatic hydroxyl groups is 1. The number of hydrogen-bond donors (Lipinski definition) is 1. The minimum absolute atomic E-state index is 0.205. The van der Waals surface area contributed by atoms with E-state index in [0.29, 0.717) is 0 Å². The lowest BCUT2D eigenvalue weighted by Crippen LogP contribution is -2.72. The molecule has 0 aliphatic rings. The smallest absolute Gasteiger partial charge is 0.460 e. The van der Waals surface area contributed by atoms with Crippen LogP contribution >= 0.6 is 0 Å². The largest absolute Gasteiger partial charge is 0.493 e. The van der Waals surface area contributed by atoms with Crippen molar-refractivity contribution in [3.05, 3.63) is 29.8 Å². The Morgan fingerprint density at radius 2 is 1.09 bits per heavy atom. The first-order valence-corrected chi connectivity index (χ1v) is 8.67. The van der Waals surface area contributed by atoms with Gasteiger partial charge in [0.25, 0.3) is 0 Å². The molecule has 1 unspecified atom stereocenters. The Balaban J connectivity index is 3.47. The predicted octanol–water partition coefficient (Wildman–Crippen LogP) is 6.88. The van der Waals surface area contributed by atoms with Gasteiger partial charge in [0.05, 0.1) is 12.7 Å². The molecule has 1 atom stereocenters. The lowest BCUT2D eigenvalue weighted by atomic mass is 9.88. The normalized spacial score (nSPS) is 15.9. The van der Waals surface area contributed by atoms with E-state index in [4.69, 9.17) is 4.74 Å². The van der Waals surface area contributed by atoms with Gasteiger partial charge in [-0.25, -0.2) is 0 Å². The summed E-state index contributed by atoms with van der Waals surface area (Å²) in [6, 6.07) is 3.89. The maximum atomic E-state index is 14.0. The van der Waals surface area contributed by atoms with Crippen molar-refractivity contribution < 1.29 is 75.7 Å². The number of aliphatic hydroxyl groups excluding tert-OH is 1. The summed E-state index contributed by atoms with van der Waals surface area (Å²) in [5, 5.41) is 9.75. The van der Waals surface area contributed by atoms with E-state index in [1.807, 2.05) is 0 Å². The number of benzene rings is 1. The zero-order valence-corrected chi connectivity index (χ0v) is 16.3. The topological polar surface area (TPSA) is 29.5 Å². The lowest BCUT2D eigenvalue weighted by molar-refractivity contribution is -0.453. The highest BCUT2D eigenvalue weighted by Gasteiger charge is 2.93. The molecular weight excluding hydrogens is 521 g/mol.